The van der Waals surface area contributed by atoms with Crippen LogP contribution >= 0.6 is 0 Å². The number of amides is 1. The third-order valence-corrected chi connectivity index (χ3v) is 4.61. The Bertz CT molecular complexity index is 909. The first-order chi connectivity index (χ1) is 13.7. The first-order valence-electron chi connectivity index (χ1n) is 9.13. The highest BCUT2D eigenvalue weighted by Crippen LogP contribution is 2.17. The number of hydrogen-bond acceptors (Lipinski definition) is 7. The maximum Gasteiger partial charge on any atom is 0.263 e. The molecule has 1 aliphatic rings. The topological polar surface area (TPSA) is 89.3 Å². The second kappa shape index (κ2) is 8.03. The number of ether oxygens (including phenoxy) is 1. The first-order valence-corrected chi connectivity index (χ1v) is 9.13. The third kappa shape index (κ3) is 3.93. The molecule has 1 unspecified atom stereocenters. The number of anilines is 1. The highest BCUT2D eigenvalue weighted by atomic mass is 16.5. The van der Waals surface area contributed by atoms with Crippen molar-refractivity contribution in [3.63, 3.8) is 0 Å². The van der Waals surface area contributed by atoms with Crippen LogP contribution < -0.4 is 9.64 Å². The van der Waals surface area contributed by atoms with Crippen LogP contribution in [0.4, 0.5) is 5.82 Å². The minimum Gasteiger partial charge on any atom is -0.481 e. The Kier molecular flexibility index (Phi) is 5.14. The van der Waals surface area contributed by atoms with Crippen molar-refractivity contribution in [2.75, 3.05) is 31.1 Å². The molecule has 28 heavy (non-hydrogen) atoms. The molecule has 2 aromatic heterocycles. The van der Waals surface area contributed by atoms with Crippen LogP contribution in [0.15, 0.2) is 55.4 Å². The number of para-hydroxylation sites is 1. The van der Waals surface area contributed by atoms with Crippen LogP contribution in [0.3, 0.4) is 0 Å². The predicted molar refractivity (Wildman–Crippen MR) is 102 cm³/mol. The van der Waals surface area contributed by atoms with Crippen LogP contribution in [0.25, 0.3) is 5.82 Å². The number of piperazine rings is 1. The van der Waals surface area contributed by atoms with Gasteiger partial charge in [-0.25, -0.2) is 19.6 Å². The monoisotopic (exact) mass is 379 g/mol. The molecule has 0 N–H and O–H groups in total. The van der Waals surface area contributed by atoms with Gasteiger partial charge >= 0.3 is 0 Å². The molecular weight excluding hydrogens is 358 g/mol. The van der Waals surface area contributed by atoms with Gasteiger partial charge in [0.2, 0.25) is 0 Å². The summed E-state index contributed by atoms with van der Waals surface area (Å²) in [4.78, 5) is 29.2. The SMILES string of the molecule is CC(Oc1ccccc1)C(=O)N1CCN(c2cc(-n3cncn3)ncn2)CC1. The molecule has 1 aliphatic heterocycles. The van der Waals surface area contributed by atoms with Gasteiger partial charge in [0.25, 0.3) is 5.91 Å². The van der Waals surface area contributed by atoms with Gasteiger partial charge in [0.05, 0.1) is 0 Å². The standard InChI is InChI=1S/C19H21N7O2/c1-15(28-16-5-3-2-4-6-16)19(27)25-9-7-24(8-10-25)17-11-18(22-13-21-17)26-14-20-12-23-26/h2-6,11-15H,7-10H2,1H3. The van der Waals surface area contributed by atoms with Crippen molar-refractivity contribution in [3.8, 4) is 11.6 Å². The lowest BCUT2D eigenvalue weighted by molar-refractivity contribution is -0.138. The van der Waals surface area contributed by atoms with Gasteiger partial charge < -0.3 is 14.5 Å². The Morgan fingerprint density at radius 2 is 1.79 bits per heavy atom. The first kappa shape index (κ1) is 17.9. The molecule has 1 amide bonds. The Hall–Kier alpha value is -3.49. The molecule has 0 aliphatic carbocycles. The van der Waals surface area contributed by atoms with Crippen LogP contribution in [-0.4, -0.2) is 67.8 Å². The number of nitrogens with zero attached hydrogens (tertiary/aromatic N) is 7. The Morgan fingerprint density at radius 3 is 2.50 bits per heavy atom. The van der Waals surface area contributed by atoms with Gasteiger partial charge in [-0.1, -0.05) is 18.2 Å². The van der Waals surface area contributed by atoms with Gasteiger partial charge in [0.1, 0.15) is 30.5 Å². The van der Waals surface area contributed by atoms with Crippen LogP contribution in [0.5, 0.6) is 5.75 Å². The predicted octanol–water partition coefficient (Wildman–Crippen LogP) is 1.17. The van der Waals surface area contributed by atoms with Crippen LogP contribution in [-0.2, 0) is 4.79 Å². The van der Waals surface area contributed by atoms with E-state index in [9.17, 15) is 4.79 Å². The van der Waals surface area contributed by atoms with Gasteiger partial charge in [-0.2, -0.15) is 5.10 Å². The van der Waals surface area contributed by atoms with Gasteiger partial charge in [0.15, 0.2) is 11.9 Å². The van der Waals surface area contributed by atoms with Crippen molar-refractivity contribution < 1.29 is 9.53 Å². The molecule has 1 atom stereocenters. The molecule has 3 heterocycles. The molecule has 0 bridgehead atoms. The lowest BCUT2D eigenvalue weighted by atomic mass is 10.2. The summed E-state index contributed by atoms with van der Waals surface area (Å²) in [6.45, 7) is 4.40. The largest absolute Gasteiger partial charge is 0.481 e. The second-order valence-corrected chi connectivity index (χ2v) is 6.46. The highest BCUT2D eigenvalue weighted by molar-refractivity contribution is 5.81. The smallest absolute Gasteiger partial charge is 0.263 e. The fourth-order valence-electron chi connectivity index (χ4n) is 3.13. The van der Waals surface area contributed by atoms with E-state index in [1.165, 1.54) is 12.7 Å². The van der Waals surface area contributed by atoms with Gasteiger partial charge in [0, 0.05) is 32.2 Å². The van der Waals surface area contributed by atoms with Crippen molar-refractivity contribution in [2.24, 2.45) is 0 Å². The van der Waals surface area contributed by atoms with E-state index in [1.54, 1.807) is 17.9 Å². The minimum atomic E-state index is -0.521. The number of carbonyl (C=O) groups excluding carboxylic acids is 1. The zero-order valence-corrected chi connectivity index (χ0v) is 15.5. The molecule has 9 heteroatoms. The van der Waals surface area contributed by atoms with Crippen molar-refractivity contribution in [2.45, 2.75) is 13.0 Å². The average molecular weight is 379 g/mol. The molecule has 1 aromatic carbocycles. The summed E-state index contributed by atoms with van der Waals surface area (Å²) >= 11 is 0. The fourth-order valence-corrected chi connectivity index (χ4v) is 3.13. The Morgan fingerprint density at radius 1 is 1.04 bits per heavy atom. The molecule has 1 fully saturated rings. The quantitative estimate of drug-likeness (QED) is 0.657. The fraction of sp³-hybridized carbons (Fsp3) is 0.316. The van der Waals surface area contributed by atoms with Gasteiger partial charge in [-0.3, -0.25) is 4.79 Å². The van der Waals surface area contributed by atoms with Crippen molar-refractivity contribution in [1.82, 2.24) is 29.6 Å². The summed E-state index contributed by atoms with van der Waals surface area (Å²) < 4.78 is 7.35. The number of aromatic nitrogens is 5. The average Bonchev–Trinajstić information content (AvgIpc) is 3.29. The zero-order valence-electron chi connectivity index (χ0n) is 15.5. The van der Waals surface area contributed by atoms with Crippen molar-refractivity contribution in [1.29, 1.82) is 0 Å². The molecule has 9 nitrogen and oxygen atoms in total. The minimum absolute atomic E-state index is 0.00510. The summed E-state index contributed by atoms with van der Waals surface area (Å²) in [6.07, 6.45) is 4.05. The van der Waals surface area contributed by atoms with E-state index in [2.05, 4.69) is 25.0 Å². The molecule has 3 aromatic rings. The summed E-state index contributed by atoms with van der Waals surface area (Å²) in [5.74, 6) is 2.16. The van der Waals surface area contributed by atoms with E-state index in [0.29, 0.717) is 37.7 Å². The molecular formula is C19H21N7O2. The van der Waals surface area contributed by atoms with Crippen LogP contribution in [0.2, 0.25) is 0 Å². The van der Waals surface area contributed by atoms with E-state index in [4.69, 9.17) is 4.74 Å². The molecule has 1 saturated heterocycles. The van der Waals surface area contributed by atoms with Crippen molar-refractivity contribution >= 4 is 11.7 Å². The Balaban J connectivity index is 1.35. The lowest BCUT2D eigenvalue weighted by Crippen LogP contribution is -2.52. The number of carbonyl (C=O) groups is 1. The zero-order chi connectivity index (χ0) is 19.3. The summed E-state index contributed by atoms with van der Waals surface area (Å²) in [7, 11) is 0. The second-order valence-electron chi connectivity index (χ2n) is 6.46. The van der Waals surface area contributed by atoms with Crippen LogP contribution in [0.1, 0.15) is 6.92 Å². The van der Waals surface area contributed by atoms with E-state index < -0.39 is 6.10 Å². The van der Waals surface area contributed by atoms with E-state index >= 15 is 0 Å². The Labute approximate surface area is 162 Å². The molecule has 144 valence electrons. The number of benzene rings is 1. The number of rotatable bonds is 5. The molecule has 4 rings (SSSR count). The maximum absolute atomic E-state index is 12.7. The van der Waals surface area contributed by atoms with E-state index in [-0.39, 0.29) is 5.91 Å². The molecule has 0 radical (unpaired) electrons. The van der Waals surface area contributed by atoms with E-state index in [0.717, 1.165) is 5.82 Å². The van der Waals surface area contributed by atoms with Crippen LogP contribution in [0, 0.1) is 0 Å². The summed E-state index contributed by atoms with van der Waals surface area (Å²) in [5, 5.41) is 4.09. The summed E-state index contributed by atoms with van der Waals surface area (Å²) in [5.41, 5.74) is 0. The lowest BCUT2D eigenvalue weighted by Gasteiger charge is -2.36. The highest BCUT2D eigenvalue weighted by Gasteiger charge is 2.26. The van der Waals surface area contributed by atoms with Gasteiger partial charge in [-0.15, -0.1) is 0 Å². The number of hydrogen-bond donors (Lipinski definition) is 0. The third-order valence-electron chi connectivity index (χ3n) is 4.61. The van der Waals surface area contributed by atoms with E-state index in [1.807, 2.05) is 41.3 Å². The molecule has 0 saturated carbocycles. The molecule has 0 spiro atoms. The maximum atomic E-state index is 12.7. The normalized spacial score (nSPS) is 15.3. The summed E-state index contributed by atoms with van der Waals surface area (Å²) in [6, 6.07) is 11.3. The van der Waals surface area contributed by atoms with Gasteiger partial charge in [-0.05, 0) is 19.1 Å². The van der Waals surface area contributed by atoms with Crippen molar-refractivity contribution in [3.05, 3.63) is 55.4 Å².